The summed E-state index contributed by atoms with van der Waals surface area (Å²) in [4.78, 5) is 20.2. The standard InChI is InChI=1S/C20H26N6O2/c1-3-12(11-28-2)17(21)13-4-6-15(7-5-13)25-20-23-10-16(18(22)27)19(26-20)24-14-8-9-14/h4-7,10,12,14,21H,3,8-9,11H2,1-2H3,(H2,22,27)(H2,23,24,25,26)/t12-/m0/s1. The first kappa shape index (κ1) is 19.8. The summed E-state index contributed by atoms with van der Waals surface area (Å²) in [6.45, 7) is 2.58. The first-order chi connectivity index (χ1) is 13.5. The Kier molecular flexibility index (Phi) is 6.20. The van der Waals surface area contributed by atoms with Gasteiger partial charge in [-0.15, -0.1) is 0 Å². The van der Waals surface area contributed by atoms with Crippen LogP contribution in [0.2, 0.25) is 0 Å². The second-order valence-corrected chi connectivity index (χ2v) is 6.92. The molecule has 1 aromatic heterocycles. The topological polar surface area (TPSA) is 126 Å². The van der Waals surface area contributed by atoms with Crippen molar-refractivity contribution in [2.24, 2.45) is 11.7 Å². The summed E-state index contributed by atoms with van der Waals surface area (Å²) in [6, 6.07) is 7.88. The number of aromatic nitrogens is 2. The van der Waals surface area contributed by atoms with Crippen LogP contribution in [0, 0.1) is 11.3 Å². The largest absolute Gasteiger partial charge is 0.384 e. The minimum atomic E-state index is -0.556. The number of rotatable bonds is 10. The van der Waals surface area contributed by atoms with Crippen molar-refractivity contribution in [3.8, 4) is 0 Å². The van der Waals surface area contributed by atoms with Crippen LogP contribution < -0.4 is 16.4 Å². The maximum absolute atomic E-state index is 11.6. The molecule has 1 heterocycles. The quantitative estimate of drug-likeness (QED) is 0.468. The molecule has 1 aliphatic rings. The van der Waals surface area contributed by atoms with Crippen LogP contribution in [0.4, 0.5) is 17.5 Å². The van der Waals surface area contributed by atoms with Gasteiger partial charge in [-0.3, -0.25) is 4.79 Å². The van der Waals surface area contributed by atoms with Gasteiger partial charge >= 0.3 is 0 Å². The minimum Gasteiger partial charge on any atom is -0.384 e. The molecule has 0 aliphatic heterocycles. The Hall–Kier alpha value is -3.00. The van der Waals surface area contributed by atoms with E-state index in [1.54, 1.807) is 7.11 Å². The molecule has 1 saturated carbocycles. The predicted octanol–water partition coefficient (Wildman–Crippen LogP) is 2.93. The fraction of sp³-hybridized carbons (Fsp3) is 0.400. The minimum absolute atomic E-state index is 0.0737. The molecule has 3 rings (SSSR count). The summed E-state index contributed by atoms with van der Waals surface area (Å²) < 4.78 is 5.20. The number of amides is 1. The number of hydrogen-bond acceptors (Lipinski definition) is 7. The van der Waals surface area contributed by atoms with Crippen molar-refractivity contribution in [1.29, 1.82) is 5.41 Å². The monoisotopic (exact) mass is 382 g/mol. The molecule has 0 bridgehead atoms. The maximum Gasteiger partial charge on any atom is 0.254 e. The van der Waals surface area contributed by atoms with Gasteiger partial charge in [0, 0.05) is 36.7 Å². The molecule has 8 nitrogen and oxygen atoms in total. The van der Waals surface area contributed by atoms with Gasteiger partial charge in [0.2, 0.25) is 5.95 Å². The van der Waals surface area contributed by atoms with Crippen molar-refractivity contribution in [3.05, 3.63) is 41.6 Å². The number of hydrogen-bond donors (Lipinski definition) is 4. The van der Waals surface area contributed by atoms with Crippen molar-refractivity contribution >= 4 is 29.1 Å². The van der Waals surface area contributed by atoms with Crippen LogP contribution >= 0.6 is 0 Å². The molecule has 0 radical (unpaired) electrons. The van der Waals surface area contributed by atoms with Gasteiger partial charge in [0.15, 0.2) is 0 Å². The van der Waals surface area contributed by atoms with Gasteiger partial charge in [-0.05, 0) is 37.0 Å². The normalized spacial score (nSPS) is 14.4. The molecule has 1 aromatic carbocycles. The van der Waals surface area contributed by atoms with Crippen LogP contribution in [0.15, 0.2) is 30.5 Å². The third-order valence-electron chi connectivity index (χ3n) is 4.69. The molecule has 1 fully saturated rings. The van der Waals surface area contributed by atoms with Gasteiger partial charge < -0.3 is 26.5 Å². The first-order valence-corrected chi connectivity index (χ1v) is 9.40. The third kappa shape index (κ3) is 4.83. The van der Waals surface area contributed by atoms with E-state index in [9.17, 15) is 4.79 Å². The van der Waals surface area contributed by atoms with E-state index < -0.39 is 5.91 Å². The van der Waals surface area contributed by atoms with Crippen LogP contribution in [0.1, 0.15) is 42.1 Å². The highest BCUT2D eigenvalue weighted by Crippen LogP contribution is 2.26. The average Bonchev–Trinajstić information content (AvgIpc) is 3.50. The van der Waals surface area contributed by atoms with E-state index in [-0.39, 0.29) is 11.5 Å². The lowest BCUT2D eigenvalue weighted by molar-refractivity contribution is 0.100. The summed E-state index contributed by atoms with van der Waals surface area (Å²) >= 11 is 0. The molecule has 2 aromatic rings. The molecule has 1 amide bonds. The van der Waals surface area contributed by atoms with Crippen LogP contribution in [0.25, 0.3) is 0 Å². The Balaban J connectivity index is 1.73. The van der Waals surface area contributed by atoms with Crippen molar-refractivity contribution in [1.82, 2.24) is 9.97 Å². The van der Waals surface area contributed by atoms with Gasteiger partial charge in [-0.1, -0.05) is 19.1 Å². The Labute approximate surface area is 164 Å². The summed E-state index contributed by atoms with van der Waals surface area (Å²) in [7, 11) is 1.65. The third-order valence-corrected chi connectivity index (χ3v) is 4.69. The zero-order chi connectivity index (χ0) is 20.1. The Morgan fingerprint density at radius 1 is 1.36 bits per heavy atom. The van der Waals surface area contributed by atoms with Crippen LogP contribution in [-0.4, -0.2) is 41.3 Å². The van der Waals surface area contributed by atoms with Crippen LogP contribution in [-0.2, 0) is 4.74 Å². The lowest BCUT2D eigenvalue weighted by Crippen LogP contribution is -2.19. The fourth-order valence-corrected chi connectivity index (χ4v) is 2.86. The number of nitrogens with two attached hydrogens (primary N) is 1. The van der Waals surface area contributed by atoms with E-state index in [1.807, 2.05) is 24.3 Å². The SMILES string of the molecule is CC[C@@H](COC)C(=N)c1ccc(Nc2ncc(C(N)=O)c(NC3CC3)n2)cc1. The van der Waals surface area contributed by atoms with Gasteiger partial charge in [-0.25, -0.2) is 4.98 Å². The number of anilines is 3. The maximum atomic E-state index is 11.6. The molecule has 0 saturated heterocycles. The summed E-state index contributed by atoms with van der Waals surface area (Å²) in [6.07, 6.45) is 4.40. The molecule has 148 valence electrons. The highest BCUT2D eigenvalue weighted by molar-refractivity contribution is 6.00. The van der Waals surface area contributed by atoms with E-state index in [0.717, 1.165) is 30.5 Å². The highest BCUT2D eigenvalue weighted by Gasteiger charge is 2.24. The highest BCUT2D eigenvalue weighted by atomic mass is 16.5. The van der Waals surface area contributed by atoms with Crippen molar-refractivity contribution in [2.45, 2.75) is 32.2 Å². The number of methoxy groups -OCH3 is 1. The lowest BCUT2D eigenvalue weighted by Gasteiger charge is -2.16. The molecule has 0 unspecified atom stereocenters. The van der Waals surface area contributed by atoms with E-state index in [0.29, 0.717) is 30.1 Å². The molecule has 0 spiro atoms. The molecule has 28 heavy (non-hydrogen) atoms. The predicted molar refractivity (Wildman–Crippen MR) is 109 cm³/mol. The average molecular weight is 382 g/mol. The van der Waals surface area contributed by atoms with Crippen molar-refractivity contribution in [2.75, 3.05) is 24.4 Å². The molecular formula is C20H26N6O2. The van der Waals surface area contributed by atoms with E-state index >= 15 is 0 Å². The Morgan fingerprint density at radius 2 is 2.07 bits per heavy atom. The van der Waals surface area contributed by atoms with Crippen LogP contribution in [0.3, 0.4) is 0 Å². The fourth-order valence-electron chi connectivity index (χ4n) is 2.86. The number of carbonyl (C=O) groups excluding carboxylic acids is 1. The molecule has 5 N–H and O–H groups in total. The number of ether oxygens (including phenoxy) is 1. The summed E-state index contributed by atoms with van der Waals surface area (Å²) in [5.41, 5.74) is 7.90. The molecule has 8 heteroatoms. The molecule has 1 atom stereocenters. The van der Waals surface area contributed by atoms with E-state index in [1.165, 1.54) is 6.20 Å². The zero-order valence-electron chi connectivity index (χ0n) is 16.2. The number of carbonyl (C=O) groups is 1. The summed E-state index contributed by atoms with van der Waals surface area (Å²) in [5.74, 6) is 0.349. The Morgan fingerprint density at radius 3 is 2.64 bits per heavy atom. The Bertz CT molecular complexity index is 848. The molecular weight excluding hydrogens is 356 g/mol. The van der Waals surface area contributed by atoms with Crippen molar-refractivity contribution < 1.29 is 9.53 Å². The number of nitrogens with one attached hydrogen (secondary N) is 3. The first-order valence-electron chi connectivity index (χ1n) is 9.40. The van der Waals surface area contributed by atoms with E-state index in [2.05, 4.69) is 27.5 Å². The number of primary amides is 1. The van der Waals surface area contributed by atoms with E-state index in [4.69, 9.17) is 15.9 Å². The summed E-state index contributed by atoms with van der Waals surface area (Å²) in [5, 5.41) is 14.7. The second kappa shape index (κ2) is 8.79. The van der Waals surface area contributed by atoms with Crippen molar-refractivity contribution in [3.63, 3.8) is 0 Å². The van der Waals surface area contributed by atoms with Gasteiger partial charge in [-0.2, -0.15) is 4.98 Å². The second-order valence-electron chi connectivity index (χ2n) is 6.92. The van der Waals surface area contributed by atoms with Gasteiger partial charge in [0.1, 0.15) is 5.82 Å². The van der Waals surface area contributed by atoms with Gasteiger partial charge in [0.25, 0.3) is 5.91 Å². The number of nitrogens with zero attached hydrogens (tertiary/aromatic N) is 2. The smallest absolute Gasteiger partial charge is 0.254 e. The van der Waals surface area contributed by atoms with Crippen LogP contribution in [0.5, 0.6) is 0 Å². The lowest BCUT2D eigenvalue weighted by atomic mass is 9.95. The number of benzene rings is 1. The zero-order valence-corrected chi connectivity index (χ0v) is 16.2. The molecule has 1 aliphatic carbocycles. The van der Waals surface area contributed by atoms with Gasteiger partial charge in [0.05, 0.1) is 12.2 Å².